The molecule has 0 bridgehead atoms. The van der Waals surface area contributed by atoms with Crippen LogP contribution in [-0.4, -0.2) is 29.1 Å². The van der Waals surface area contributed by atoms with Gasteiger partial charge in [-0.1, -0.05) is 0 Å². The van der Waals surface area contributed by atoms with Gasteiger partial charge in [-0.25, -0.2) is 15.0 Å². The molecule has 2 aromatic rings. The number of nitrogens with zero attached hydrogens (tertiary/aromatic N) is 3. The monoisotopic (exact) mass is 250 g/mol. The van der Waals surface area contributed by atoms with Gasteiger partial charge in [0.1, 0.15) is 5.82 Å². The van der Waals surface area contributed by atoms with Gasteiger partial charge in [-0.15, -0.1) is 11.3 Å². The fourth-order valence-corrected chi connectivity index (χ4v) is 2.13. The standard InChI is InChI=1S/C11H14N4OS/c1-7-6-17-11(13-7)10-14-8(5-16-3)4-9(12-2)15-10/h4,6H,5H2,1-3H3,(H,12,14,15). The first-order valence-corrected chi connectivity index (χ1v) is 6.08. The third kappa shape index (κ3) is 2.78. The molecule has 0 saturated carbocycles. The van der Waals surface area contributed by atoms with E-state index >= 15 is 0 Å². The number of hydrogen-bond donors (Lipinski definition) is 1. The minimum Gasteiger partial charge on any atom is -0.378 e. The molecule has 0 radical (unpaired) electrons. The van der Waals surface area contributed by atoms with Gasteiger partial charge in [0.05, 0.1) is 12.3 Å². The van der Waals surface area contributed by atoms with Crippen LogP contribution in [0.5, 0.6) is 0 Å². The summed E-state index contributed by atoms with van der Waals surface area (Å²) in [5.41, 5.74) is 1.83. The molecule has 0 saturated heterocycles. The Hall–Kier alpha value is -1.53. The van der Waals surface area contributed by atoms with Crippen LogP contribution in [-0.2, 0) is 11.3 Å². The molecule has 0 spiro atoms. The number of aryl methyl sites for hydroxylation is 1. The molecule has 17 heavy (non-hydrogen) atoms. The van der Waals surface area contributed by atoms with Crippen molar-refractivity contribution in [1.82, 2.24) is 15.0 Å². The van der Waals surface area contributed by atoms with Crippen LogP contribution >= 0.6 is 11.3 Å². The summed E-state index contributed by atoms with van der Waals surface area (Å²) < 4.78 is 5.09. The molecule has 0 aromatic carbocycles. The predicted octanol–water partition coefficient (Wildman–Crippen LogP) is 2.10. The van der Waals surface area contributed by atoms with E-state index in [9.17, 15) is 0 Å². The Morgan fingerprint density at radius 1 is 1.35 bits per heavy atom. The minimum absolute atomic E-state index is 0.467. The molecule has 0 amide bonds. The maximum atomic E-state index is 5.09. The van der Waals surface area contributed by atoms with Crippen molar-refractivity contribution in [3.63, 3.8) is 0 Å². The highest BCUT2D eigenvalue weighted by atomic mass is 32.1. The van der Waals surface area contributed by atoms with E-state index in [1.165, 1.54) is 0 Å². The molecule has 90 valence electrons. The van der Waals surface area contributed by atoms with Gasteiger partial charge in [0.15, 0.2) is 10.8 Å². The van der Waals surface area contributed by atoms with Crippen LogP contribution in [0, 0.1) is 6.92 Å². The first-order valence-electron chi connectivity index (χ1n) is 5.20. The molecular formula is C11H14N4OS. The molecular weight excluding hydrogens is 236 g/mol. The van der Waals surface area contributed by atoms with E-state index in [1.54, 1.807) is 18.4 Å². The number of methoxy groups -OCH3 is 1. The number of ether oxygens (including phenoxy) is 1. The summed E-state index contributed by atoms with van der Waals surface area (Å²) >= 11 is 1.54. The van der Waals surface area contributed by atoms with E-state index in [1.807, 2.05) is 25.4 Å². The van der Waals surface area contributed by atoms with Gasteiger partial charge < -0.3 is 10.1 Å². The Labute approximate surface area is 104 Å². The van der Waals surface area contributed by atoms with Crippen LogP contribution in [0.1, 0.15) is 11.4 Å². The van der Waals surface area contributed by atoms with Gasteiger partial charge in [-0.05, 0) is 6.92 Å². The molecule has 2 aromatic heterocycles. The Kier molecular flexibility index (Phi) is 3.65. The number of rotatable bonds is 4. The van der Waals surface area contributed by atoms with E-state index in [0.717, 1.165) is 22.2 Å². The van der Waals surface area contributed by atoms with Crippen LogP contribution in [0.3, 0.4) is 0 Å². The lowest BCUT2D eigenvalue weighted by Gasteiger charge is -2.05. The highest BCUT2D eigenvalue weighted by molar-refractivity contribution is 7.13. The summed E-state index contributed by atoms with van der Waals surface area (Å²) in [6.45, 7) is 2.42. The van der Waals surface area contributed by atoms with Crippen LogP contribution < -0.4 is 5.32 Å². The van der Waals surface area contributed by atoms with E-state index in [-0.39, 0.29) is 0 Å². The summed E-state index contributed by atoms with van der Waals surface area (Å²) in [7, 11) is 3.48. The lowest BCUT2D eigenvalue weighted by Crippen LogP contribution is -2.01. The molecule has 2 heterocycles. The number of hydrogen-bond acceptors (Lipinski definition) is 6. The first-order chi connectivity index (χ1) is 8.22. The summed E-state index contributed by atoms with van der Waals surface area (Å²) in [6.07, 6.45) is 0. The van der Waals surface area contributed by atoms with Crippen LogP contribution in [0.25, 0.3) is 10.8 Å². The largest absolute Gasteiger partial charge is 0.378 e. The maximum Gasteiger partial charge on any atom is 0.191 e. The molecule has 5 nitrogen and oxygen atoms in total. The fraction of sp³-hybridized carbons (Fsp3) is 0.364. The quantitative estimate of drug-likeness (QED) is 0.900. The zero-order valence-corrected chi connectivity index (χ0v) is 10.8. The van der Waals surface area contributed by atoms with Crippen LogP contribution in [0.4, 0.5) is 5.82 Å². The van der Waals surface area contributed by atoms with Crippen molar-refractivity contribution in [3.8, 4) is 10.8 Å². The molecule has 0 atom stereocenters. The zero-order valence-electron chi connectivity index (χ0n) is 10.0. The highest BCUT2D eigenvalue weighted by Crippen LogP contribution is 2.22. The fourth-order valence-electron chi connectivity index (χ4n) is 1.40. The maximum absolute atomic E-state index is 5.09. The Morgan fingerprint density at radius 3 is 2.76 bits per heavy atom. The molecule has 0 unspecified atom stereocenters. The van der Waals surface area contributed by atoms with Crippen molar-refractivity contribution in [2.75, 3.05) is 19.5 Å². The van der Waals surface area contributed by atoms with E-state index in [0.29, 0.717) is 12.4 Å². The molecule has 0 aliphatic rings. The second-order valence-corrected chi connectivity index (χ2v) is 4.40. The van der Waals surface area contributed by atoms with Crippen molar-refractivity contribution in [2.24, 2.45) is 0 Å². The Bertz CT molecular complexity index is 512. The third-order valence-electron chi connectivity index (χ3n) is 2.14. The Balaban J connectivity index is 2.42. The van der Waals surface area contributed by atoms with Crippen molar-refractivity contribution >= 4 is 17.2 Å². The topological polar surface area (TPSA) is 59.9 Å². The third-order valence-corrected chi connectivity index (χ3v) is 3.09. The molecule has 0 aliphatic heterocycles. The number of aromatic nitrogens is 3. The smallest absolute Gasteiger partial charge is 0.191 e. The normalized spacial score (nSPS) is 10.5. The average Bonchev–Trinajstić information content (AvgIpc) is 2.76. The van der Waals surface area contributed by atoms with Crippen LogP contribution in [0.15, 0.2) is 11.4 Å². The van der Waals surface area contributed by atoms with Crippen molar-refractivity contribution in [3.05, 3.63) is 22.8 Å². The number of anilines is 1. The summed E-state index contributed by atoms with van der Waals surface area (Å²) in [4.78, 5) is 13.2. The van der Waals surface area contributed by atoms with E-state index < -0.39 is 0 Å². The van der Waals surface area contributed by atoms with Crippen molar-refractivity contribution < 1.29 is 4.74 Å². The number of nitrogens with one attached hydrogen (secondary N) is 1. The summed E-state index contributed by atoms with van der Waals surface area (Å²) in [5.74, 6) is 1.41. The van der Waals surface area contributed by atoms with Gasteiger partial charge in [-0.3, -0.25) is 0 Å². The molecule has 1 N–H and O–H groups in total. The minimum atomic E-state index is 0.467. The lowest BCUT2D eigenvalue weighted by atomic mass is 10.4. The zero-order chi connectivity index (χ0) is 12.3. The van der Waals surface area contributed by atoms with Gasteiger partial charge in [0.2, 0.25) is 0 Å². The van der Waals surface area contributed by atoms with Crippen molar-refractivity contribution in [2.45, 2.75) is 13.5 Å². The molecule has 0 fully saturated rings. The second kappa shape index (κ2) is 5.20. The van der Waals surface area contributed by atoms with Crippen LogP contribution in [0.2, 0.25) is 0 Å². The van der Waals surface area contributed by atoms with Gasteiger partial charge in [0, 0.05) is 31.3 Å². The van der Waals surface area contributed by atoms with E-state index in [4.69, 9.17) is 4.74 Å². The average molecular weight is 250 g/mol. The first kappa shape index (κ1) is 11.9. The molecule has 6 heteroatoms. The van der Waals surface area contributed by atoms with E-state index in [2.05, 4.69) is 20.3 Å². The lowest BCUT2D eigenvalue weighted by molar-refractivity contribution is 0.181. The summed E-state index contributed by atoms with van der Waals surface area (Å²) in [6, 6.07) is 1.87. The molecule has 0 aliphatic carbocycles. The van der Waals surface area contributed by atoms with Crippen molar-refractivity contribution in [1.29, 1.82) is 0 Å². The predicted molar refractivity (Wildman–Crippen MR) is 68.1 cm³/mol. The SMILES string of the molecule is CNc1cc(COC)nc(-c2nc(C)cs2)n1. The Morgan fingerprint density at radius 2 is 2.18 bits per heavy atom. The number of thiazole rings is 1. The summed E-state index contributed by atoms with van der Waals surface area (Å²) in [5, 5.41) is 5.83. The van der Waals surface area contributed by atoms with Gasteiger partial charge >= 0.3 is 0 Å². The second-order valence-electron chi connectivity index (χ2n) is 3.55. The molecule has 2 rings (SSSR count). The van der Waals surface area contributed by atoms with Gasteiger partial charge in [0.25, 0.3) is 0 Å². The van der Waals surface area contributed by atoms with Gasteiger partial charge in [-0.2, -0.15) is 0 Å². The highest BCUT2D eigenvalue weighted by Gasteiger charge is 2.09.